The Morgan fingerprint density at radius 3 is 2.92 bits per heavy atom. The minimum Gasteiger partial charge on any atom is -0.341 e. The molecule has 4 rings (SSSR count). The van der Waals surface area contributed by atoms with Crippen LogP contribution in [-0.2, 0) is 6.54 Å². The zero-order valence-corrected chi connectivity index (χ0v) is 14.5. The number of nitrogens with one attached hydrogen (secondary N) is 1. The fraction of sp³-hybridized carbons (Fsp3) is 0.500. The fourth-order valence-corrected chi connectivity index (χ4v) is 3.54. The minimum atomic E-state index is 0.351. The highest BCUT2D eigenvalue weighted by molar-refractivity contribution is 5.79. The van der Waals surface area contributed by atoms with Gasteiger partial charge in [-0.05, 0) is 50.4 Å². The zero-order chi connectivity index (χ0) is 16.7. The minimum absolute atomic E-state index is 0.351. The highest BCUT2D eigenvalue weighted by Gasteiger charge is 2.25. The van der Waals surface area contributed by atoms with Gasteiger partial charge in [-0.2, -0.15) is 4.98 Å². The first-order valence-electron chi connectivity index (χ1n) is 8.57. The summed E-state index contributed by atoms with van der Waals surface area (Å²) in [5.74, 6) is 2.87. The molecule has 0 spiro atoms. The maximum atomic E-state index is 5.14. The normalized spacial score (nSPS) is 19.2. The molecule has 1 saturated heterocycles. The van der Waals surface area contributed by atoms with Crippen molar-refractivity contribution < 1.29 is 4.52 Å². The molecule has 1 aromatic carbocycles. The SMILES string of the molecule is Cc1nc([C@H]2CCCN(Cc3nc4c(C)c(C)ccc4[nH]3)C2)no1. The molecule has 3 heterocycles. The monoisotopic (exact) mass is 325 g/mol. The molecule has 1 N–H and O–H groups in total. The number of fused-ring (bicyclic) bond motifs is 1. The van der Waals surface area contributed by atoms with Crippen LogP contribution in [0.2, 0.25) is 0 Å². The van der Waals surface area contributed by atoms with Gasteiger partial charge in [-0.1, -0.05) is 11.2 Å². The average Bonchev–Trinajstić information content (AvgIpc) is 3.18. The Balaban J connectivity index is 1.51. The second-order valence-corrected chi connectivity index (χ2v) is 6.83. The summed E-state index contributed by atoms with van der Waals surface area (Å²) in [5, 5.41) is 4.10. The molecule has 126 valence electrons. The molecule has 1 aliphatic heterocycles. The molecule has 3 aromatic rings. The number of aryl methyl sites for hydroxylation is 3. The number of H-pyrrole nitrogens is 1. The third-order valence-electron chi connectivity index (χ3n) is 5.01. The van der Waals surface area contributed by atoms with Gasteiger partial charge < -0.3 is 9.51 Å². The van der Waals surface area contributed by atoms with E-state index in [-0.39, 0.29) is 0 Å². The van der Waals surface area contributed by atoms with Crippen LogP contribution in [0.3, 0.4) is 0 Å². The number of likely N-dealkylation sites (tertiary alicyclic amines) is 1. The summed E-state index contributed by atoms with van der Waals surface area (Å²) >= 11 is 0. The third kappa shape index (κ3) is 2.82. The number of rotatable bonds is 3. The number of aromatic amines is 1. The van der Waals surface area contributed by atoms with Crippen molar-refractivity contribution in [1.82, 2.24) is 25.0 Å². The lowest BCUT2D eigenvalue weighted by Gasteiger charge is -2.30. The van der Waals surface area contributed by atoms with E-state index in [1.165, 1.54) is 11.1 Å². The van der Waals surface area contributed by atoms with E-state index in [1.54, 1.807) is 0 Å². The second kappa shape index (κ2) is 6.02. The Kier molecular flexibility index (Phi) is 3.84. The van der Waals surface area contributed by atoms with Crippen molar-refractivity contribution in [3.8, 4) is 0 Å². The first kappa shape index (κ1) is 15.3. The van der Waals surface area contributed by atoms with Crippen molar-refractivity contribution in [3.63, 3.8) is 0 Å². The van der Waals surface area contributed by atoms with Crippen LogP contribution in [0.1, 0.15) is 47.4 Å². The molecule has 1 aliphatic rings. The Bertz CT molecular complexity index is 866. The summed E-state index contributed by atoms with van der Waals surface area (Å²) in [7, 11) is 0. The van der Waals surface area contributed by atoms with Crippen LogP contribution in [-0.4, -0.2) is 38.1 Å². The Morgan fingerprint density at radius 2 is 2.12 bits per heavy atom. The smallest absolute Gasteiger partial charge is 0.223 e. The topological polar surface area (TPSA) is 70.8 Å². The van der Waals surface area contributed by atoms with Crippen LogP contribution in [0.15, 0.2) is 16.7 Å². The number of nitrogens with zero attached hydrogens (tertiary/aromatic N) is 4. The lowest BCUT2D eigenvalue weighted by atomic mass is 9.97. The molecule has 2 aromatic heterocycles. The molecule has 0 bridgehead atoms. The van der Waals surface area contributed by atoms with Gasteiger partial charge in [-0.3, -0.25) is 4.90 Å². The highest BCUT2D eigenvalue weighted by Crippen LogP contribution is 2.26. The number of aromatic nitrogens is 4. The van der Waals surface area contributed by atoms with Crippen molar-refractivity contribution in [3.05, 3.63) is 40.8 Å². The van der Waals surface area contributed by atoms with Crippen molar-refractivity contribution in [2.45, 2.75) is 46.1 Å². The maximum Gasteiger partial charge on any atom is 0.223 e. The van der Waals surface area contributed by atoms with E-state index in [9.17, 15) is 0 Å². The molecular formula is C18H23N5O. The van der Waals surface area contributed by atoms with E-state index in [0.717, 1.165) is 55.2 Å². The number of piperidine rings is 1. The van der Waals surface area contributed by atoms with E-state index < -0.39 is 0 Å². The summed E-state index contributed by atoms with van der Waals surface area (Å²) in [6.07, 6.45) is 2.27. The molecule has 0 amide bonds. The Labute approximate surface area is 141 Å². The first-order valence-corrected chi connectivity index (χ1v) is 8.57. The number of benzene rings is 1. The second-order valence-electron chi connectivity index (χ2n) is 6.83. The summed E-state index contributed by atoms with van der Waals surface area (Å²) in [5.41, 5.74) is 4.75. The number of imidazole rings is 1. The molecule has 1 atom stereocenters. The number of hydrogen-bond donors (Lipinski definition) is 1. The molecule has 0 unspecified atom stereocenters. The van der Waals surface area contributed by atoms with E-state index in [4.69, 9.17) is 9.51 Å². The Morgan fingerprint density at radius 1 is 1.25 bits per heavy atom. The third-order valence-corrected chi connectivity index (χ3v) is 5.01. The van der Waals surface area contributed by atoms with Gasteiger partial charge in [0.15, 0.2) is 5.82 Å². The molecule has 0 saturated carbocycles. The van der Waals surface area contributed by atoms with Gasteiger partial charge in [-0.25, -0.2) is 4.98 Å². The zero-order valence-electron chi connectivity index (χ0n) is 14.5. The standard InChI is InChI=1S/C18H23N5O/c1-11-6-7-15-17(12(11)2)21-16(20-15)10-23-8-4-5-14(9-23)18-19-13(3)24-22-18/h6-7,14H,4-5,8-10H2,1-3H3,(H,20,21)/t14-/m0/s1. The van der Waals surface area contributed by atoms with E-state index in [0.29, 0.717) is 11.8 Å². The summed E-state index contributed by atoms with van der Waals surface area (Å²) < 4.78 is 5.14. The van der Waals surface area contributed by atoms with Gasteiger partial charge in [0.2, 0.25) is 5.89 Å². The van der Waals surface area contributed by atoms with Gasteiger partial charge in [0, 0.05) is 19.4 Å². The van der Waals surface area contributed by atoms with Crippen molar-refractivity contribution in [1.29, 1.82) is 0 Å². The summed E-state index contributed by atoms with van der Waals surface area (Å²) in [4.78, 5) is 15.1. The van der Waals surface area contributed by atoms with Crippen LogP contribution in [0, 0.1) is 20.8 Å². The highest BCUT2D eigenvalue weighted by atomic mass is 16.5. The molecule has 24 heavy (non-hydrogen) atoms. The lowest BCUT2D eigenvalue weighted by Crippen LogP contribution is -2.34. The molecule has 0 radical (unpaired) electrons. The molecular weight excluding hydrogens is 302 g/mol. The molecule has 6 heteroatoms. The van der Waals surface area contributed by atoms with Crippen LogP contribution in [0.5, 0.6) is 0 Å². The van der Waals surface area contributed by atoms with Crippen LogP contribution < -0.4 is 0 Å². The lowest BCUT2D eigenvalue weighted by molar-refractivity contribution is 0.191. The number of hydrogen-bond acceptors (Lipinski definition) is 5. The van der Waals surface area contributed by atoms with Gasteiger partial charge in [0.25, 0.3) is 0 Å². The predicted molar refractivity (Wildman–Crippen MR) is 91.9 cm³/mol. The maximum absolute atomic E-state index is 5.14. The fourth-order valence-electron chi connectivity index (χ4n) is 3.54. The van der Waals surface area contributed by atoms with Crippen LogP contribution >= 0.6 is 0 Å². The first-order chi connectivity index (χ1) is 11.6. The van der Waals surface area contributed by atoms with Crippen LogP contribution in [0.25, 0.3) is 11.0 Å². The van der Waals surface area contributed by atoms with Crippen molar-refractivity contribution in [2.75, 3.05) is 13.1 Å². The van der Waals surface area contributed by atoms with E-state index >= 15 is 0 Å². The van der Waals surface area contributed by atoms with Gasteiger partial charge in [-0.15, -0.1) is 0 Å². The largest absolute Gasteiger partial charge is 0.341 e. The van der Waals surface area contributed by atoms with Crippen molar-refractivity contribution >= 4 is 11.0 Å². The average molecular weight is 325 g/mol. The molecule has 0 aliphatic carbocycles. The summed E-state index contributed by atoms with van der Waals surface area (Å²) in [6, 6.07) is 4.27. The van der Waals surface area contributed by atoms with Crippen molar-refractivity contribution in [2.24, 2.45) is 0 Å². The summed E-state index contributed by atoms with van der Waals surface area (Å²) in [6.45, 7) is 8.98. The molecule has 1 fully saturated rings. The molecule has 6 nitrogen and oxygen atoms in total. The van der Waals surface area contributed by atoms with E-state index in [2.05, 4.69) is 46.0 Å². The van der Waals surface area contributed by atoms with Crippen LogP contribution in [0.4, 0.5) is 0 Å². The predicted octanol–water partition coefficient (Wildman–Crippen LogP) is 3.25. The van der Waals surface area contributed by atoms with Gasteiger partial charge in [0.1, 0.15) is 5.82 Å². The van der Waals surface area contributed by atoms with Gasteiger partial charge >= 0.3 is 0 Å². The quantitative estimate of drug-likeness (QED) is 0.800. The Hall–Kier alpha value is -2.21. The van der Waals surface area contributed by atoms with Gasteiger partial charge in [0.05, 0.1) is 17.6 Å². The van der Waals surface area contributed by atoms with E-state index in [1.807, 2.05) is 6.92 Å².